The molecule has 1 aromatic carbocycles. The van der Waals surface area contributed by atoms with E-state index in [-0.39, 0.29) is 0 Å². The lowest BCUT2D eigenvalue weighted by molar-refractivity contribution is 0.379. The molecule has 2 aromatic rings. The average molecular weight is 224 g/mol. The van der Waals surface area contributed by atoms with Gasteiger partial charge in [-0.1, -0.05) is 28.9 Å². The molecule has 0 aliphatic carbocycles. The highest BCUT2D eigenvalue weighted by atomic mass is 35.5. The van der Waals surface area contributed by atoms with Gasteiger partial charge in [0.15, 0.2) is 5.82 Å². The summed E-state index contributed by atoms with van der Waals surface area (Å²) in [6.07, 6.45) is 0. The predicted octanol–water partition coefficient (Wildman–Crippen LogP) is 2.64. The lowest BCUT2D eigenvalue weighted by atomic mass is 10.3. The molecule has 1 N–H and O–H groups in total. The number of halogens is 1. The Morgan fingerprint density at radius 1 is 1.40 bits per heavy atom. The molecule has 1 heterocycles. The molecule has 0 amide bonds. The summed E-state index contributed by atoms with van der Waals surface area (Å²) in [6, 6.07) is 7.51. The number of hydrogen-bond acceptors (Lipinski definition) is 4. The molecule has 0 saturated heterocycles. The van der Waals surface area contributed by atoms with Gasteiger partial charge in [-0.3, -0.25) is 0 Å². The third-order valence-corrected chi connectivity index (χ3v) is 2.20. The molecule has 0 saturated carbocycles. The zero-order valence-corrected chi connectivity index (χ0v) is 8.95. The molecule has 0 radical (unpaired) electrons. The summed E-state index contributed by atoms with van der Waals surface area (Å²) in [5.41, 5.74) is 0.856. The number of nitrogens with one attached hydrogen (secondary N) is 1. The van der Waals surface area contributed by atoms with Gasteiger partial charge in [-0.2, -0.15) is 4.98 Å². The smallest absolute Gasteiger partial charge is 0.245 e. The predicted molar refractivity (Wildman–Crippen MR) is 57.8 cm³/mol. The number of rotatable bonds is 3. The van der Waals surface area contributed by atoms with Gasteiger partial charge in [0.25, 0.3) is 0 Å². The van der Waals surface area contributed by atoms with Crippen molar-refractivity contribution in [2.75, 3.05) is 5.32 Å². The van der Waals surface area contributed by atoms with E-state index in [1.54, 1.807) is 6.92 Å². The standard InChI is InChI=1S/C10H10ClN3O/c1-7-13-10(15-14-7)6-12-9-5-3-2-4-8(9)11/h2-5,12H,6H2,1H3. The van der Waals surface area contributed by atoms with Gasteiger partial charge >= 0.3 is 0 Å². The Bertz CT molecular complexity index is 455. The van der Waals surface area contributed by atoms with Gasteiger partial charge in [0, 0.05) is 0 Å². The van der Waals surface area contributed by atoms with Crippen molar-refractivity contribution < 1.29 is 4.52 Å². The first kappa shape index (κ1) is 9.98. The lowest BCUT2D eigenvalue weighted by Gasteiger charge is -2.04. The van der Waals surface area contributed by atoms with Crippen LogP contribution >= 0.6 is 11.6 Å². The average Bonchev–Trinajstić information content (AvgIpc) is 2.63. The van der Waals surface area contributed by atoms with Crippen LogP contribution in [0.15, 0.2) is 28.8 Å². The molecule has 0 aliphatic rings. The molecule has 78 valence electrons. The number of aromatic nitrogens is 2. The molecule has 1 aromatic heterocycles. The number of hydrogen-bond donors (Lipinski definition) is 1. The van der Waals surface area contributed by atoms with Gasteiger partial charge in [-0.25, -0.2) is 0 Å². The summed E-state index contributed by atoms with van der Waals surface area (Å²) in [5.74, 6) is 1.18. The van der Waals surface area contributed by atoms with Crippen molar-refractivity contribution in [2.24, 2.45) is 0 Å². The first-order chi connectivity index (χ1) is 7.25. The molecule has 4 nitrogen and oxygen atoms in total. The quantitative estimate of drug-likeness (QED) is 0.869. The second-order valence-corrected chi connectivity index (χ2v) is 3.48. The Labute approximate surface area is 92.3 Å². The van der Waals surface area contributed by atoms with Crippen LogP contribution in [0.1, 0.15) is 11.7 Å². The van der Waals surface area contributed by atoms with Gasteiger partial charge < -0.3 is 9.84 Å². The minimum absolute atomic E-state index is 0.477. The van der Waals surface area contributed by atoms with Crippen molar-refractivity contribution >= 4 is 17.3 Å². The highest BCUT2D eigenvalue weighted by molar-refractivity contribution is 6.33. The second-order valence-electron chi connectivity index (χ2n) is 3.07. The Morgan fingerprint density at radius 2 is 2.20 bits per heavy atom. The summed E-state index contributed by atoms with van der Waals surface area (Å²) in [4.78, 5) is 4.07. The van der Waals surface area contributed by atoms with E-state index in [2.05, 4.69) is 15.5 Å². The van der Waals surface area contributed by atoms with Crippen LogP contribution in [-0.2, 0) is 6.54 Å². The Balaban J connectivity index is 2.02. The molecule has 15 heavy (non-hydrogen) atoms. The maximum Gasteiger partial charge on any atom is 0.245 e. The molecule has 2 rings (SSSR count). The summed E-state index contributed by atoms with van der Waals surface area (Å²) in [5, 5.41) is 7.48. The van der Waals surface area contributed by atoms with Crippen molar-refractivity contribution in [3.8, 4) is 0 Å². The van der Waals surface area contributed by atoms with Crippen molar-refractivity contribution in [1.29, 1.82) is 0 Å². The van der Waals surface area contributed by atoms with Gasteiger partial charge in [-0.15, -0.1) is 0 Å². The molecule has 0 aliphatic heterocycles. The van der Waals surface area contributed by atoms with E-state index in [1.165, 1.54) is 0 Å². The van der Waals surface area contributed by atoms with E-state index in [1.807, 2.05) is 24.3 Å². The monoisotopic (exact) mass is 223 g/mol. The van der Waals surface area contributed by atoms with Gasteiger partial charge in [0.2, 0.25) is 5.89 Å². The minimum Gasteiger partial charge on any atom is -0.375 e. The summed E-state index contributed by atoms with van der Waals surface area (Å²) in [7, 11) is 0. The minimum atomic E-state index is 0.477. The van der Waals surface area contributed by atoms with Crippen molar-refractivity contribution in [2.45, 2.75) is 13.5 Å². The lowest BCUT2D eigenvalue weighted by Crippen LogP contribution is -1.99. The van der Waals surface area contributed by atoms with Crippen molar-refractivity contribution in [1.82, 2.24) is 10.1 Å². The molecular formula is C10H10ClN3O. The van der Waals surface area contributed by atoms with E-state index >= 15 is 0 Å². The number of benzene rings is 1. The summed E-state index contributed by atoms with van der Waals surface area (Å²) < 4.78 is 4.96. The topological polar surface area (TPSA) is 51.0 Å². The first-order valence-electron chi connectivity index (χ1n) is 4.53. The summed E-state index contributed by atoms with van der Waals surface area (Å²) >= 11 is 5.97. The Morgan fingerprint density at radius 3 is 2.87 bits per heavy atom. The highest BCUT2D eigenvalue weighted by Crippen LogP contribution is 2.20. The van der Waals surface area contributed by atoms with Crippen LogP contribution in [-0.4, -0.2) is 10.1 Å². The van der Waals surface area contributed by atoms with Crippen LogP contribution in [0.4, 0.5) is 5.69 Å². The molecule has 5 heteroatoms. The maximum atomic E-state index is 5.97. The number of nitrogens with zero attached hydrogens (tertiary/aromatic N) is 2. The number of para-hydroxylation sites is 1. The summed E-state index contributed by atoms with van der Waals surface area (Å²) in [6.45, 7) is 2.26. The fourth-order valence-electron chi connectivity index (χ4n) is 1.19. The Kier molecular flexibility index (Phi) is 2.87. The molecule has 0 spiro atoms. The van der Waals surface area contributed by atoms with Crippen LogP contribution < -0.4 is 5.32 Å². The zero-order valence-electron chi connectivity index (χ0n) is 8.20. The Hall–Kier alpha value is -1.55. The van der Waals surface area contributed by atoms with Crippen LogP contribution in [0.25, 0.3) is 0 Å². The maximum absolute atomic E-state index is 5.97. The van der Waals surface area contributed by atoms with Crippen LogP contribution in [0, 0.1) is 6.92 Å². The highest BCUT2D eigenvalue weighted by Gasteiger charge is 2.03. The largest absolute Gasteiger partial charge is 0.375 e. The number of anilines is 1. The van der Waals surface area contributed by atoms with Gasteiger partial charge in [0.05, 0.1) is 17.3 Å². The van der Waals surface area contributed by atoms with E-state index < -0.39 is 0 Å². The van der Waals surface area contributed by atoms with Gasteiger partial charge in [0.1, 0.15) is 0 Å². The fourth-order valence-corrected chi connectivity index (χ4v) is 1.39. The van der Waals surface area contributed by atoms with Crippen LogP contribution in [0.3, 0.4) is 0 Å². The number of aryl methyl sites for hydroxylation is 1. The fraction of sp³-hybridized carbons (Fsp3) is 0.200. The zero-order chi connectivity index (χ0) is 10.7. The second kappa shape index (κ2) is 4.31. The van der Waals surface area contributed by atoms with Crippen LogP contribution in [0.5, 0.6) is 0 Å². The van der Waals surface area contributed by atoms with E-state index in [9.17, 15) is 0 Å². The SMILES string of the molecule is Cc1noc(CNc2ccccc2Cl)n1. The third-order valence-electron chi connectivity index (χ3n) is 1.87. The van der Waals surface area contributed by atoms with Gasteiger partial charge in [-0.05, 0) is 19.1 Å². The molecular weight excluding hydrogens is 214 g/mol. The van der Waals surface area contributed by atoms with Crippen molar-refractivity contribution in [3.05, 3.63) is 41.0 Å². The van der Waals surface area contributed by atoms with E-state index in [0.29, 0.717) is 23.3 Å². The van der Waals surface area contributed by atoms with Crippen LogP contribution in [0.2, 0.25) is 5.02 Å². The molecule has 0 atom stereocenters. The molecule has 0 fully saturated rings. The first-order valence-corrected chi connectivity index (χ1v) is 4.91. The molecule has 0 unspecified atom stereocenters. The normalized spacial score (nSPS) is 10.3. The molecule has 0 bridgehead atoms. The van der Waals surface area contributed by atoms with E-state index in [4.69, 9.17) is 16.1 Å². The van der Waals surface area contributed by atoms with Crippen molar-refractivity contribution in [3.63, 3.8) is 0 Å². The third kappa shape index (κ3) is 2.47. The van der Waals surface area contributed by atoms with E-state index in [0.717, 1.165) is 5.69 Å².